The molecule has 1 rings (SSSR count). The number of hydrogen-bond acceptors (Lipinski definition) is 2. The molecule has 0 unspecified atom stereocenters. The van der Waals surface area contributed by atoms with E-state index in [2.05, 4.69) is 60.2 Å². The summed E-state index contributed by atoms with van der Waals surface area (Å²) < 4.78 is 6.65. The minimum absolute atomic E-state index is 0.327. The quantitative estimate of drug-likeness (QED) is 0.763. The van der Waals surface area contributed by atoms with Crippen molar-refractivity contribution in [1.82, 2.24) is 5.32 Å². The monoisotopic (exact) mass is 327 g/mol. The highest BCUT2D eigenvalue weighted by atomic mass is 79.9. The lowest BCUT2D eigenvalue weighted by molar-refractivity contribution is 0.317. The fraction of sp³-hybridized carbons (Fsp3) is 0.625. The van der Waals surface area contributed by atoms with Gasteiger partial charge in [-0.3, -0.25) is 0 Å². The van der Waals surface area contributed by atoms with Crippen LogP contribution in [-0.4, -0.2) is 19.7 Å². The van der Waals surface area contributed by atoms with Crippen LogP contribution in [0.3, 0.4) is 0 Å². The summed E-state index contributed by atoms with van der Waals surface area (Å²) in [4.78, 5) is 0. The number of rotatable bonds is 8. The van der Waals surface area contributed by atoms with Gasteiger partial charge >= 0.3 is 0 Å². The van der Waals surface area contributed by atoms with Crippen LogP contribution in [0.1, 0.15) is 39.7 Å². The van der Waals surface area contributed by atoms with E-state index in [-0.39, 0.29) is 0 Å². The van der Waals surface area contributed by atoms with Crippen molar-refractivity contribution in [3.8, 4) is 5.75 Å². The summed E-state index contributed by atoms with van der Waals surface area (Å²) in [5, 5.41) is 3.43. The van der Waals surface area contributed by atoms with Crippen molar-refractivity contribution in [1.29, 1.82) is 0 Å². The lowest BCUT2D eigenvalue weighted by atomic mass is 9.86. The van der Waals surface area contributed by atoms with E-state index in [1.165, 1.54) is 12.0 Å². The zero-order chi connectivity index (χ0) is 14.3. The minimum atomic E-state index is 0.327. The normalized spacial score (nSPS) is 11.6. The van der Waals surface area contributed by atoms with Gasteiger partial charge in [0.15, 0.2) is 0 Å². The molecule has 0 saturated carbocycles. The van der Waals surface area contributed by atoms with Crippen LogP contribution in [0.15, 0.2) is 22.7 Å². The summed E-state index contributed by atoms with van der Waals surface area (Å²) in [6, 6.07) is 6.29. The van der Waals surface area contributed by atoms with Crippen molar-refractivity contribution in [2.24, 2.45) is 5.41 Å². The van der Waals surface area contributed by atoms with Gasteiger partial charge in [-0.1, -0.05) is 42.8 Å². The number of benzene rings is 1. The Kier molecular flexibility index (Phi) is 6.87. The van der Waals surface area contributed by atoms with Crippen molar-refractivity contribution < 1.29 is 4.74 Å². The molecule has 19 heavy (non-hydrogen) atoms. The van der Waals surface area contributed by atoms with Crippen LogP contribution < -0.4 is 10.1 Å². The molecule has 0 amide bonds. The Labute approximate surface area is 126 Å². The Bertz CT molecular complexity index is 390. The van der Waals surface area contributed by atoms with E-state index in [1.807, 2.05) is 6.92 Å². The highest BCUT2D eigenvalue weighted by Gasteiger charge is 2.17. The van der Waals surface area contributed by atoms with E-state index >= 15 is 0 Å². The maximum atomic E-state index is 5.50. The van der Waals surface area contributed by atoms with Gasteiger partial charge in [-0.2, -0.15) is 0 Å². The fourth-order valence-electron chi connectivity index (χ4n) is 2.01. The van der Waals surface area contributed by atoms with E-state index in [1.54, 1.807) is 0 Å². The van der Waals surface area contributed by atoms with Crippen LogP contribution in [0.25, 0.3) is 0 Å². The molecule has 0 saturated heterocycles. The second kappa shape index (κ2) is 7.91. The van der Waals surface area contributed by atoms with Gasteiger partial charge in [-0.05, 0) is 49.4 Å². The molecule has 0 bridgehead atoms. The third-order valence-electron chi connectivity index (χ3n) is 3.26. The Hall–Kier alpha value is -0.540. The van der Waals surface area contributed by atoms with Crippen LogP contribution in [0.4, 0.5) is 0 Å². The molecular formula is C16H26BrNO. The predicted octanol–water partition coefficient (Wildman–Crippen LogP) is 4.42. The summed E-state index contributed by atoms with van der Waals surface area (Å²) in [6.07, 6.45) is 2.26. The molecule has 3 heteroatoms. The van der Waals surface area contributed by atoms with Crippen LogP contribution in [0, 0.1) is 5.41 Å². The number of nitrogens with one attached hydrogen (secondary N) is 1. The molecule has 0 aliphatic heterocycles. The first kappa shape index (κ1) is 16.5. The Morgan fingerprint density at radius 3 is 2.58 bits per heavy atom. The lowest BCUT2D eigenvalue weighted by Crippen LogP contribution is -2.29. The summed E-state index contributed by atoms with van der Waals surface area (Å²) >= 11 is 3.64. The van der Waals surface area contributed by atoms with Crippen molar-refractivity contribution in [2.45, 2.75) is 40.5 Å². The van der Waals surface area contributed by atoms with Crippen LogP contribution in [0.5, 0.6) is 5.75 Å². The number of aryl methyl sites for hydroxylation is 1. The first-order chi connectivity index (χ1) is 8.98. The average Bonchev–Trinajstić information content (AvgIpc) is 2.36. The molecule has 1 N–H and O–H groups in total. The summed E-state index contributed by atoms with van der Waals surface area (Å²) in [5.41, 5.74) is 1.68. The van der Waals surface area contributed by atoms with Crippen molar-refractivity contribution in [3.63, 3.8) is 0 Å². The van der Waals surface area contributed by atoms with E-state index in [4.69, 9.17) is 4.74 Å². The summed E-state index contributed by atoms with van der Waals surface area (Å²) in [6.45, 7) is 11.6. The third-order valence-corrected chi connectivity index (χ3v) is 4.00. The van der Waals surface area contributed by atoms with Crippen molar-refractivity contribution >= 4 is 15.9 Å². The van der Waals surface area contributed by atoms with Gasteiger partial charge in [-0.25, -0.2) is 0 Å². The fourth-order valence-corrected chi connectivity index (χ4v) is 2.57. The molecule has 0 radical (unpaired) electrons. The zero-order valence-corrected chi connectivity index (χ0v) is 14.1. The minimum Gasteiger partial charge on any atom is -0.494 e. The Morgan fingerprint density at radius 2 is 2.00 bits per heavy atom. The van der Waals surface area contributed by atoms with Gasteiger partial charge in [0.2, 0.25) is 0 Å². The third kappa shape index (κ3) is 5.96. The largest absolute Gasteiger partial charge is 0.494 e. The Morgan fingerprint density at radius 1 is 1.26 bits per heavy atom. The summed E-state index contributed by atoms with van der Waals surface area (Å²) in [5.74, 6) is 0.935. The smallest absolute Gasteiger partial charge is 0.120 e. The van der Waals surface area contributed by atoms with Gasteiger partial charge < -0.3 is 10.1 Å². The molecule has 0 aliphatic carbocycles. The number of halogens is 1. The topological polar surface area (TPSA) is 21.3 Å². The first-order valence-corrected chi connectivity index (χ1v) is 7.89. The number of hydrogen-bond donors (Lipinski definition) is 1. The molecule has 0 spiro atoms. The molecule has 0 fully saturated rings. The molecule has 108 valence electrons. The molecular weight excluding hydrogens is 302 g/mol. The highest BCUT2D eigenvalue weighted by molar-refractivity contribution is 9.10. The Balaban J connectivity index is 2.57. The van der Waals surface area contributed by atoms with Crippen LogP contribution >= 0.6 is 15.9 Å². The van der Waals surface area contributed by atoms with E-state index in [0.717, 1.165) is 29.7 Å². The maximum Gasteiger partial charge on any atom is 0.120 e. The van der Waals surface area contributed by atoms with Crippen molar-refractivity contribution in [3.05, 3.63) is 28.2 Å². The average molecular weight is 328 g/mol. The number of ether oxygens (including phenoxy) is 1. The zero-order valence-electron chi connectivity index (χ0n) is 12.6. The second-order valence-electron chi connectivity index (χ2n) is 5.63. The molecule has 0 aromatic heterocycles. The molecule has 0 atom stereocenters. The predicted molar refractivity (Wildman–Crippen MR) is 86.0 cm³/mol. The lowest BCUT2D eigenvalue weighted by Gasteiger charge is -2.25. The second-order valence-corrected chi connectivity index (χ2v) is 6.49. The van der Waals surface area contributed by atoms with Crippen LogP contribution in [0.2, 0.25) is 0 Å². The maximum absolute atomic E-state index is 5.50. The standard InChI is InChI=1S/C16H26BrNO/c1-5-18-12-16(3,4)10-9-13-7-8-14(19-6-2)11-15(13)17/h7-8,11,18H,5-6,9-10,12H2,1-4H3. The highest BCUT2D eigenvalue weighted by Crippen LogP contribution is 2.28. The molecule has 0 heterocycles. The SMILES string of the molecule is CCNCC(C)(C)CCc1ccc(OCC)cc1Br. The van der Waals surface area contributed by atoms with E-state index < -0.39 is 0 Å². The summed E-state index contributed by atoms with van der Waals surface area (Å²) in [7, 11) is 0. The molecule has 1 aromatic rings. The first-order valence-electron chi connectivity index (χ1n) is 7.10. The van der Waals surface area contributed by atoms with E-state index in [9.17, 15) is 0 Å². The van der Waals surface area contributed by atoms with Gasteiger partial charge in [0.25, 0.3) is 0 Å². The van der Waals surface area contributed by atoms with Crippen molar-refractivity contribution in [2.75, 3.05) is 19.7 Å². The molecule has 2 nitrogen and oxygen atoms in total. The van der Waals surface area contributed by atoms with Gasteiger partial charge in [0.1, 0.15) is 5.75 Å². The van der Waals surface area contributed by atoms with E-state index in [0.29, 0.717) is 12.0 Å². The van der Waals surface area contributed by atoms with Gasteiger partial charge in [-0.15, -0.1) is 0 Å². The molecule has 1 aromatic carbocycles. The van der Waals surface area contributed by atoms with Crippen LogP contribution in [-0.2, 0) is 6.42 Å². The van der Waals surface area contributed by atoms with Gasteiger partial charge in [0.05, 0.1) is 6.61 Å². The van der Waals surface area contributed by atoms with Gasteiger partial charge in [0, 0.05) is 11.0 Å². The molecule has 0 aliphatic rings.